The van der Waals surface area contributed by atoms with Crippen LogP contribution in [0.2, 0.25) is 15.2 Å². The van der Waals surface area contributed by atoms with Gasteiger partial charge in [-0.15, -0.1) is 0 Å². The third kappa shape index (κ3) is 3.74. The molecule has 2 aromatic rings. The molecule has 0 bridgehead atoms. The Kier molecular flexibility index (Phi) is 6.14. The highest BCUT2D eigenvalue weighted by Gasteiger charge is 2.44. The van der Waals surface area contributed by atoms with Crippen molar-refractivity contribution in [1.82, 2.24) is 9.99 Å². The standard InChI is InChI=1S/C15H15Cl3N4O4S/c16-7-1-5-6(3-20-21-15(19)27)13(18)22(9(5)2-8(7)17)14-12(25)11(24)10(4-23)26-14/h1-3,10-12,14,23-25H,4H2,(H3,19,21,27)/b20-3+/t10-,11-,12-,14-/m1/s1. The molecule has 1 aromatic heterocycles. The maximum absolute atomic E-state index is 10.4. The number of hydrogen-bond donors (Lipinski definition) is 5. The summed E-state index contributed by atoms with van der Waals surface area (Å²) in [5.41, 5.74) is 8.69. The molecule has 0 aliphatic carbocycles. The van der Waals surface area contributed by atoms with Gasteiger partial charge in [0.1, 0.15) is 23.5 Å². The number of nitrogens with one attached hydrogen (secondary N) is 1. The Morgan fingerprint density at radius 2 is 1.96 bits per heavy atom. The van der Waals surface area contributed by atoms with E-state index in [1.807, 2.05) is 0 Å². The quantitative estimate of drug-likeness (QED) is 0.269. The van der Waals surface area contributed by atoms with Crippen LogP contribution in [0.1, 0.15) is 11.8 Å². The van der Waals surface area contributed by atoms with E-state index in [0.717, 1.165) is 0 Å². The van der Waals surface area contributed by atoms with Crippen LogP contribution in [-0.2, 0) is 4.74 Å². The maximum atomic E-state index is 10.4. The normalized spacial score (nSPS) is 25.6. The molecule has 4 atom stereocenters. The van der Waals surface area contributed by atoms with Gasteiger partial charge in [0.25, 0.3) is 0 Å². The Bertz CT molecular complexity index is 922. The summed E-state index contributed by atoms with van der Waals surface area (Å²) < 4.78 is 7.04. The van der Waals surface area contributed by atoms with Gasteiger partial charge in [0.2, 0.25) is 0 Å². The molecular weight excluding hydrogens is 439 g/mol. The van der Waals surface area contributed by atoms with Crippen LogP contribution in [0, 0.1) is 0 Å². The molecule has 27 heavy (non-hydrogen) atoms. The zero-order chi connectivity index (χ0) is 19.9. The van der Waals surface area contributed by atoms with E-state index in [1.165, 1.54) is 10.8 Å². The second-order valence-corrected chi connectivity index (χ2v) is 7.43. The van der Waals surface area contributed by atoms with Crippen LogP contribution in [-0.4, -0.2) is 56.1 Å². The molecule has 1 saturated heterocycles. The van der Waals surface area contributed by atoms with Gasteiger partial charge in [0.15, 0.2) is 11.3 Å². The number of thiocarbonyl (C=S) groups is 1. The van der Waals surface area contributed by atoms with Crippen LogP contribution in [0.5, 0.6) is 0 Å². The summed E-state index contributed by atoms with van der Waals surface area (Å²) in [4.78, 5) is 0. The van der Waals surface area contributed by atoms with Crippen LogP contribution in [0.15, 0.2) is 17.2 Å². The van der Waals surface area contributed by atoms with Crippen LogP contribution >= 0.6 is 47.0 Å². The highest BCUT2D eigenvalue weighted by Crippen LogP contribution is 2.40. The van der Waals surface area contributed by atoms with E-state index in [9.17, 15) is 15.3 Å². The van der Waals surface area contributed by atoms with Crippen LogP contribution in [0.4, 0.5) is 0 Å². The number of halogens is 3. The van der Waals surface area contributed by atoms with Gasteiger partial charge in [-0.3, -0.25) is 5.43 Å². The van der Waals surface area contributed by atoms with Crippen molar-refractivity contribution in [3.05, 3.63) is 32.9 Å². The summed E-state index contributed by atoms with van der Waals surface area (Å²) >= 11 is 23.5. The molecule has 12 heteroatoms. The number of nitrogens with zero attached hydrogens (tertiary/aromatic N) is 2. The van der Waals surface area contributed by atoms with Crippen molar-refractivity contribution in [2.45, 2.75) is 24.5 Å². The Labute approximate surface area is 174 Å². The highest BCUT2D eigenvalue weighted by molar-refractivity contribution is 7.80. The summed E-state index contributed by atoms with van der Waals surface area (Å²) in [6.45, 7) is -0.468. The van der Waals surface area contributed by atoms with Crippen LogP contribution in [0.3, 0.4) is 0 Å². The fraction of sp³-hybridized carbons (Fsp3) is 0.333. The van der Waals surface area contributed by atoms with Crippen molar-refractivity contribution in [2.24, 2.45) is 10.8 Å². The first-order chi connectivity index (χ1) is 12.8. The van der Waals surface area contributed by atoms with Gasteiger partial charge >= 0.3 is 0 Å². The van der Waals surface area contributed by atoms with Crippen molar-refractivity contribution < 1.29 is 20.1 Å². The van der Waals surface area contributed by atoms with Gasteiger partial charge in [-0.05, 0) is 24.4 Å². The molecule has 6 N–H and O–H groups in total. The number of hydrogen-bond acceptors (Lipinski definition) is 6. The molecule has 0 saturated carbocycles. The first-order valence-corrected chi connectivity index (χ1v) is 9.19. The van der Waals surface area contributed by atoms with Crippen molar-refractivity contribution in [1.29, 1.82) is 0 Å². The number of benzene rings is 1. The summed E-state index contributed by atoms with van der Waals surface area (Å²) in [7, 11) is 0. The minimum atomic E-state index is -1.33. The van der Waals surface area contributed by atoms with Crippen molar-refractivity contribution in [2.75, 3.05) is 6.61 Å². The van der Waals surface area contributed by atoms with E-state index in [0.29, 0.717) is 16.5 Å². The van der Waals surface area contributed by atoms with Crippen molar-refractivity contribution in [3.63, 3.8) is 0 Å². The van der Waals surface area contributed by atoms with E-state index in [1.54, 1.807) is 12.1 Å². The summed E-state index contributed by atoms with van der Waals surface area (Å²) in [5.74, 6) is 0. The summed E-state index contributed by atoms with van der Waals surface area (Å²) in [6, 6.07) is 3.14. The molecule has 0 unspecified atom stereocenters. The molecule has 146 valence electrons. The van der Waals surface area contributed by atoms with Gasteiger partial charge in [-0.1, -0.05) is 34.8 Å². The minimum absolute atomic E-state index is 0.0318. The number of fused-ring (bicyclic) bond motifs is 1. The predicted octanol–water partition coefficient (Wildman–Crippen LogP) is 1.38. The number of hydrazone groups is 1. The molecule has 0 radical (unpaired) electrons. The molecule has 1 aromatic carbocycles. The first kappa shape index (κ1) is 20.6. The molecule has 0 amide bonds. The topological polar surface area (TPSA) is 125 Å². The lowest BCUT2D eigenvalue weighted by Gasteiger charge is -2.19. The lowest BCUT2D eigenvalue weighted by Crippen LogP contribution is -2.33. The number of ether oxygens (including phenoxy) is 1. The van der Waals surface area contributed by atoms with Gasteiger partial charge in [0.05, 0.1) is 28.4 Å². The second-order valence-electron chi connectivity index (χ2n) is 5.82. The van der Waals surface area contributed by atoms with Gasteiger partial charge in [0, 0.05) is 10.9 Å². The molecule has 1 aliphatic heterocycles. The third-order valence-electron chi connectivity index (χ3n) is 4.16. The van der Waals surface area contributed by atoms with E-state index < -0.39 is 31.1 Å². The highest BCUT2D eigenvalue weighted by atomic mass is 35.5. The third-order valence-corrected chi connectivity index (χ3v) is 5.36. The predicted molar refractivity (Wildman–Crippen MR) is 107 cm³/mol. The number of rotatable bonds is 4. The second kappa shape index (κ2) is 8.06. The lowest BCUT2D eigenvalue weighted by atomic mass is 10.1. The Balaban J connectivity index is 2.18. The molecule has 3 rings (SSSR count). The van der Waals surface area contributed by atoms with Crippen LogP contribution in [0.25, 0.3) is 10.9 Å². The smallest absolute Gasteiger partial charge is 0.184 e. The first-order valence-electron chi connectivity index (χ1n) is 7.65. The van der Waals surface area contributed by atoms with Gasteiger partial charge < -0.3 is 30.4 Å². The van der Waals surface area contributed by atoms with E-state index >= 15 is 0 Å². The largest absolute Gasteiger partial charge is 0.394 e. The zero-order valence-corrected chi connectivity index (χ0v) is 16.6. The maximum Gasteiger partial charge on any atom is 0.184 e. The molecular formula is C15H15Cl3N4O4S. The number of aliphatic hydroxyl groups is 3. The number of aliphatic hydroxyl groups excluding tert-OH is 3. The molecule has 8 nitrogen and oxygen atoms in total. The van der Waals surface area contributed by atoms with Gasteiger partial charge in [-0.2, -0.15) is 5.10 Å². The Hall–Kier alpha value is -1.17. The summed E-state index contributed by atoms with van der Waals surface area (Å²) in [6.07, 6.45) is -3.26. The fourth-order valence-corrected chi connectivity index (χ4v) is 3.64. The molecule has 2 heterocycles. The lowest BCUT2D eigenvalue weighted by molar-refractivity contribution is -0.0505. The molecule has 1 fully saturated rings. The van der Waals surface area contributed by atoms with Crippen molar-refractivity contribution in [3.8, 4) is 0 Å². The zero-order valence-electron chi connectivity index (χ0n) is 13.5. The van der Waals surface area contributed by atoms with E-state index in [-0.39, 0.29) is 20.3 Å². The summed E-state index contributed by atoms with van der Waals surface area (Å²) in [5, 5.41) is 34.9. The SMILES string of the molecule is NC(=S)N/N=C/c1c(Cl)n([C@@H]2O[C@H](CO)[C@@H](O)[C@H]2O)c2cc(Cl)c(Cl)cc12. The Morgan fingerprint density at radius 3 is 2.56 bits per heavy atom. The monoisotopic (exact) mass is 452 g/mol. The molecule has 0 spiro atoms. The van der Waals surface area contributed by atoms with Crippen LogP contribution < -0.4 is 11.2 Å². The number of aromatic nitrogens is 1. The Morgan fingerprint density at radius 1 is 1.30 bits per heavy atom. The average Bonchev–Trinajstić information content (AvgIpc) is 3.03. The van der Waals surface area contributed by atoms with E-state index in [2.05, 4.69) is 10.5 Å². The minimum Gasteiger partial charge on any atom is -0.394 e. The number of nitrogens with two attached hydrogens (primary N) is 1. The van der Waals surface area contributed by atoms with Crippen molar-refractivity contribution >= 4 is 69.3 Å². The fourth-order valence-electron chi connectivity index (χ4n) is 2.92. The average molecular weight is 454 g/mol. The van der Waals surface area contributed by atoms with E-state index in [4.69, 9.17) is 57.5 Å². The molecule has 1 aliphatic rings. The van der Waals surface area contributed by atoms with Gasteiger partial charge in [-0.25, -0.2) is 0 Å².